The van der Waals surface area contributed by atoms with Gasteiger partial charge in [0.25, 0.3) is 0 Å². The second-order valence-corrected chi connectivity index (χ2v) is 3.58. The smallest absolute Gasteiger partial charge is 0.759 e. The van der Waals surface area contributed by atoms with Crippen LogP contribution in [-0.2, 0) is 15.2 Å². The molecule has 0 unspecified atom stereocenters. The first kappa shape index (κ1) is 29.6. The number of hydrogen-bond acceptors (Lipinski definition) is 10. The van der Waals surface area contributed by atoms with Crippen molar-refractivity contribution >= 4 is 16.7 Å². The maximum Gasteiger partial charge on any atom is 1.00 e. The van der Waals surface area contributed by atoms with Gasteiger partial charge in [-0.25, -0.2) is 0 Å². The van der Waals surface area contributed by atoms with E-state index in [0.717, 1.165) is 0 Å². The van der Waals surface area contributed by atoms with Crippen LogP contribution >= 0.6 is 0 Å². The fraction of sp³-hybridized carbons (Fsp3) is 0.833. The van der Waals surface area contributed by atoms with Gasteiger partial charge in [-0.1, -0.05) is 0 Å². The van der Waals surface area contributed by atoms with Gasteiger partial charge < -0.3 is 39.4 Å². The Hall–Kier alpha value is 2.61. The Kier molecular flexibility index (Phi) is 24.2. The van der Waals surface area contributed by atoms with E-state index in [1.165, 1.54) is 0 Å². The van der Waals surface area contributed by atoms with Crippen LogP contribution in [0.3, 0.4) is 0 Å². The van der Waals surface area contributed by atoms with Gasteiger partial charge in [-0.15, -0.1) is 0 Å². The Bertz CT molecular complexity index is 301. The Morgan fingerprint density at radius 2 is 1.32 bits per heavy atom. The molecule has 0 radical (unpaired) electrons. The summed E-state index contributed by atoms with van der Waals surface area (Å²) in [7, 11) is -5.17. The summed E-state index contributed by atoms with van der Waals surface area (Å²) in [5, 5.41) is 43.5. The van der Waals surface area contributed by atoms with Crippen LogP contribution in [0.4, 0.5) is 0 Å². The van der Waals surface area contributed by atoms with Gasteiger partial charge in [0.2, 0.25) is 0 Å². The van der Waals surface area contributed by atoms with Crippen LogP contribution in [0, 0.1) is 0 Å². The Labute approximate surface area is 194 Å². The zero-order valence-electron chi connectivity index (χ0n) is 10.3. The second-order valence-electron chi connectivity index (χ2n) is 2.77. The predicted molar refractivity (Wildman–Crippen MR) is 47.7 cm³/mol. The van der Waals surface area contributed by atoms with Crippen LogP contribution < -0.4 is 103 Å². The molecule has 0 saturated carbocycles. The van der Waals surface area contributed by atoms with Crippen molar-refractivity contribution in [2.75, 3.05) is 6.61 Å². The van der Waals surface area contributed by atoms with E-state index < -0.39 is 41.4 Å². The molecule has 0 aliphatic heterocycles. The zero-order valence-corrected chi connectivity index (χ0v) is 17.3. The molecule has 0 aliphatic carbocycles. The molecule has 0 aromatic carbocycles. The van der Waals surface area contributed by atoms with Gasteiger partial charge in [-0.3, -0.25) is 8.42 Å². The summed E-state index contributed by atoms with van der Waals surface area (Å²) < 4.78 is 34.1. The molecule has 10 nitrogen and oxygen atoms in total. The summed E-state index contributed by atoms with van der Waals surface area (Å²) in [5.41, 5.74) is 0. The molecule has 19 heavy (non-hydrogen) atoms. The Morgan fingerprint density at radius 1 is 1.00 bits per heavy atom. The molecule has 0 heterocycles. The van der Waals surface area contributed by atoms with Crippen molar-refractivity contribution in [3.8, 4) is 0 Å². The largest absolute Gasteiger partial charge is 1.00 e. The van der Waals surface area contributed by atoms with Crippen LogP contribution in [0.2, 0.25) is 0 Å². The average Bonchev–Trinajstić information content (AvgIpc) is 2.22. The molecule has 13 heteroatoms. The number of aldehydes is 1. The number of carbonyl (C=O) groups excluding carboxylic acids is 1. The number of rotatable bonds is 5. The van der Waals surface area contributed by atoms with Crippen molar-refractivity contribution in [3.05, 3.63) is 0 Å². The molecular formula is C6H12K2O10S. The molecule has 4 atom stereocenters. The first-order chi connectivity index (χ1) is 7.54. The summed E-state index contributed by atoms with van der Waals surface area (Å²) in [6.07, 6.45) is -6.84. The van der Waals surface area contributed by atoms with Crippen molar-refractivity contribution < 1.29 is 151 Å². The summed E-state index contributed by atoms with van der Waals surface area (Å²) in [6.45, 7) is -0.760. The third-order valence-electron chi connectivity index (χ3n) is 1.42. The quantitative estimate of drug-likeness (QED) is 0.137. The van der Waals surface area contributed by atoms with Crippen molar-refractivity contribution in [1.29, 1.82) is 0 Å². The molecule has 0 aliphatic rings. The summed E-state index contributed by atoms with van der Waals surface area (Å²) >= 11 is 0. The van der Waals surface area contributed by atoms with E-state index in [1.807, 2.05) is 0 Å². The maximum atomic E-state index is 9.90. The number of aliphatic hydroxyl groups is 5. The fourth-order valence-electron chi connectivity index (χ4n) is 0.618. The van der Waals surface area contributed by atoms with E-state index in [9.17, 15) is 4.79 Å². The first-order valence-corrected chi connectivity index (χ1v) is 5.33. The van der Waals surface area contributed by atoms with Crippen LogP contribution in [0.15, 0.2) is 0 Å². The predicted octanol–water partition coefficient (Wildman–Crippen LogP) is -10.7. The molecule has 0 aromatic rings. The SMILES string of the molecule is O=C[C@H](O)[C@@H](O)[C@@H](O)[C@H](O)CO.O=S(=O)([O-])[O-].[K+].[K+]. The zero-order chi connectivity index (χ0) is 14.2. The van der Waals surface area contributed by atoms with Crippen molar-refractivity contribution in [3.63, 3.8) is 0 Å². The summed E-state index contributed by atoms with van der Waals surface area (Å²) in [5.74, 6) is 0. The summed E-state index contributed by atoms with van der Waals surface area (Å²) in [6, 6.07) is 0. The monoisotopic (exact) mass is 354 g/mol. The molecule has 0 aromatic heterocycles. The molecule has 0 amide bonds. The van der Waals surface area contributed by atoms with Crippen LogP contribution in [-0.4, -0.2) is 80.4 Å². The minimum absolute atomic E-state index is 0. The maximum absolute atomic E-state index is 9.90. The van der Waals surface area contributed by atoms with Crippen LogP contribution in [0.25, 0.3) is 0 Å². The van der Waals surface area contributed by atoms with Gasteiger partial charge in [0, 0.05) is 10.4 Å². The Morgan fingerprint density at radius 3 is 1.53 bits per heavy atom. The van der Waals surface area contributed by atoms with E-state index in [0.29, 0.717) is 0 Å². The Balaban J connectivity index is -0.000000139. The molecule has 0 bridgehead atoms. The van der Waals surface area contributed by atoms with Gasteiger partial charge in [-0.05, 0) is 0 Å². The number of carbonyl (C=O) groups is 1. The first-order valence-electron chi connectivity index (χ1n) is 3.99. The van der Waals surface area contributed by atoms with Gasteiger partial charge in [0.1, 0.15) is 24.4 Å². The minimum atomic E-state index is -5.17. The molecule has 0 rings (SSSR count). The van der Waals surface area contributed by atoms with E-state index in [4.69, 9.17) is 43.1 Å². The van der Waals surface area contributed by atoms with E-state index in [1.54, 1.807) is 0 Å². The van der Waals surface area contributed by atoms with Crippen LogP contribution in [0.1, 0.15) is 0 Å². The van der Waals surface area contributed by atoms with Crippen molar-refractivity contribution in [1.82, 2.24) is 0 Å². The van der Waals surface area contributed by atoms with Crippen LogP contribution in [0.5, 0.6) is 0 Å². The average molecular weight is 354 g/mol. The number of aliphatic hydroxyl groups excluding tert-OH is 5. The molecule has 0 fully saturated rings. The fourth-order valence-corrected chi connectivity index (χ4v) is 0.618. The van der Waals surface area contributed by atoms with Gasteiger partial charge in [0.15, 0.2) is 6.29 Å². The van der Waals surface area contributed by atoms with Gasteiger partial charge in [-0.2, -0.15) is 0 Å². The molecule has 5 N–H and O–H groups in total. The van der Waals surface area contributed by atoms with Crippen molar-refractivity contribution in [2.45, 2.75) is 24.4 Å². The molecule has 104 valence electrons. The molecule has 0 saturated heterocycles. The van der Waals surface area contributed by atoms with Crippen molar-refractivity contribution in [2.24, 2.45) is 0 Å². The third kappa shape index (κ3) is 20.6. The number of hydrogen-bond donors (Lipinski definition) is 5. The van der Waals surface area contributed by atoms with E-state index in [-0.39, 0.29) is 109 Å². The topological polar surface area (TPSA) is 198 Å². The summed E-state index contributed by atoms with van der Waals surface area (Å²) in [4.78, 5) is 9.90. The van der Waals surface area contributed by atoms with E-state index in [2.05, 4.69) is 0 Å². The minimum Gasteiger partial charge on any atom is -0.759 e. The van der Waals surface area contributed by atoms with Gasteiger partial charge in [0.05, 0.1) is 6.61 Å². The van der Waals surface area contributed by atoms with E-state index >= 15 is 0 Å². The molecule has 0 spiro atoms. The normalized spacial score (nSPS) is 16.4. The third-order valence-corrected chi connectivity index (χ3v) is 1.42. The molecular weight excluding hydrogens is 342 g/mol. The van der Waals surface area contributed by atoms with Gasteiger partial charge >= 0.3 is 103 Å². The standard InChI is InChI=1S/C6H12O6.2K.H2O4S/c7-1-3(9)5(11)6(12)4(10)2-8;;;1-5(2,3)4/h1,3-6,8-12H,2H2;;;(H2,1,2,3,4)/q;2*+1;/p-2/t3-,4+,5+,6-;;;/m0.../s1. The second kappa shape index (κ2) is 15.5.